The number of carbonyl (C=O) groups excluding carboxylic acids is 1. The van der Waals surface area contributed by atoms with Gasteiger partial charge >= 0.3 is 0 Å². The van der Waals surface area contributed by atoms with Crippen LogP contribution in [-0.4, -0.2) is 45.6 Å². The van der Waals surface area contributed by atoms with Crippen LogP contribution in [0.3, 0.4) is 0 Å². The number of rotatable bonds is 4. The van der Waals surface area contributed by atoms with Gasteiger partial charge in [-0.25, -0.2) is 9.37 Å². The van der Waals surface area contributed by atoms with Gasteiger partial charge < -0.3 is 19.7 Å². The third kappa shape index (κ3) is 2.61. The Balaban J connectivity index is 1.73. The van der Waals surface area contributed by atoms with Crippen LogP contribution in [0.5, 0.6) is 5.88 Å². The van der Waals surface area contributed by atoms with Crippen molar-refractivity contribution in [3.05, 3.63) is 22.1 Å². The van der Waals surface area contributed by atoms with Crippen molar-refractivity contribution in [3.8, 4) is 5.88 Å². The second-order valence-electron chi connectivity index (χ2n) is 6.33. The number of aliphatic hydroxyl groups excluding tert-OH is 1. The summed E-state index contributed by atoms with van der Waals surface area (Å²) in [5.74, 6) is -0.336. The largest absolute Gasteiger partial charge is 0.476 e. The number of aromatic amines is 1. The summed E-state index contributed by atoms with van der Waals surface area (Å²) < 4.78 is 20.2. The standard InChI is InChI=1S/C16H17ClFN3O3/c17-12-13(18)15-14(20-16(12)24-7-8-1-2-8)9-5-21(11(23)6-22)4-3-10(9)19-15/h8,19,22H,1-7H2. The molecule has 2 aromatic rings. The zero-order valence-electron chi connectivity index (χ0n) is 12.9. The maximum absolute atomic E-state index is 14.6. The van der Waals surface area contributed by atoms with Gasteiger partial charge in [0.15, 0.2) is 5.82 Å². The first kappa shape index (κ1) is 15.7. The summed E-state index contributed by atoms with van der Waals surface area (Å²) >= 11 is 6.06. The van der Waals surface area contributed by atoms with Crippen LogP contribution in [0.4, 0.5) is 4.39 Å². The summed E-state index contributed by atoms with van der Waals surface area (Å²) in [5, 5.41) is 8.92. The minimum atomic E-state index is -0.582. The highest BCUT2D eigenvalue weighted by Crippen LogP contribution is 2.36. The van der Waals surface area contributed by atoms with Gasteiger partial charge in [-0.3, -0.25) is 4.79 Å². The minimum Gasteiger partial charge on any atom is -0.476 e. The van der Waals surface area contributed by atoms with Crippen LogP contribution >= 0.6 is 11.6 Å². The zero-order valence-corrected chi connectivity index (χ0v) is 13.7. The summed E-state index contributed by atoms with van der Waals surface area (Å²) in [7, 11) is 0. The third-order valence-electron chi connectivity index (χ3n) is 4.60. The molecule has 1 amide bonds. The highest BCUT2D eigenvalue weighted by Gasteiger charge is 2.28. The number of nitrogens with zero attached hydrogens (tertiary/aromatic N) is 2. The smallest absolute Gasteiger partial charge is 0.248 e. The number of hydrogen-bond donors (Lipinski definition) is 2. The Morgan fingerprint density at radius 3 is 3.00 bits per heavy atom. The number of halogens is 2. The summed E-state index contributed by atoms with van der Waals surface area (Å²) in [6, 6.07) is 0. The number of ether oxygens (including phenoxy) is 1. The van der Waals surface area contributed by atoms with Crippen LogP contribution in [0.1, 0.15) is 24.1 Å². The van der Waals surface area contributed by atoms with Gasteiger partial charge in [0.25, 0.3) is 0 Å². The van der Waals surface area contributed by atoms with Crippen molar-refractivity contribution in [2.24, 2.45) is 5.92 Å². The number of aromatic nitrogens is 2. The molecule has 4 rings (SSSR count). The van der Waals surface area contributed by atoms with Gasteiger partial charge in [0, 0.05) is 30.8 Å². The number of amides is 1. The van der Waals surface area contributed by atoms with E-state index >= 15 is 0 Å². The van der Waals surface area contributed by atoms with Crippen LogP contribution in [0, 0.1) is 11.7 Å². The Kier molecular flexibility index (Phi) is 3.85. The molecule has 2 aromatic heterocycles. The van der Waals surface area contributed by atoms with Gasteiger partial charge in [-0.05, 0) is 18.8 Å². The van der Waals surface area contributed by atoms with E-state index in [1.807, 2.05) is 0 Å². The lowest BCUT2D eigenvalue weighted by Gasteiger charge is -2.26. The minimum absolute atomic E-state index is 0.0981. The average Bonchev–Trinajstić information content (AvgIpc) is 3.36. The van der Waals surface area contributed by atoms with Crippen molar-refractivity contribution in [3.63, 3.8) is 0 Å². The molecular formula is C16H17ClFN3O3. The maximum atomic E-state index is 14.6. The number of fused-ring (bicyclic) bond motifs is 3. The second-order valence-corrected chi connectivity index (χ2v) is 6.71. The lowest BCUT2D eigenvalue weighted by Crippen LogP contribution is -2.37. The normalized spacial score (nSPS) is 17.2. The van der Waals surface area contributed by atoms with E-state index in [0.717, 1.165) is 24.1 Å². The monoisotopic (exact) mass is 353 g/mol. The molecular weight excluding hydrogens is 337 g/mol. The first-order chi connectivity index (χ1) is 11.6. The fourth-order valence-corrected chi connectivity index (χ4v) is 3.20. The molecule has 1 aliphatic heterocycles. The van der Waals surface area contributed by atoms with Gasteiger partial charge in [-0.15, -0.1) is 0 Å². The van der Waals surface area contributed by atoms with Gasteiger partial charge in [0.1, 0.15) is 22.7 Å². The van der Waals surface area contributed by atoms with E-state index in [9.17, 15) is 9.18 Å². The van der Waals surface area contributed by atoms with Crippen LogP contribution in [-0.2, 0) is 17.8 Å². The second kappa shape index (κ2) is 5.89. The molecule has 1 saturated carbocycles. The molecule has 2 aliphatic rings. The summed E-state index contributed by atoms with van der Waals surface area (Å²) in [6.45, 7) is 0.699. The lowest BCUT2D eigenvalue weighted by molar-refractivity contribution is -0.135. The Bertz CT molecular complexity index is 819. The Morgan fingerprint density at radius 1 is 1.50 bits per heavy atom. The Morgan fingerprint density at radius 2 is 2.29 bits per heavy atom. The van der Waals surface area contributed by atoms with Crippen molar-refractivity contribution in [1.29, 1.82) is 0 Å². The zero-order chi connectivity index (χ0) is 16.8. The predicted molar refractivity (Wildman–Crippen MR) is 85.5 cm³/mol. The van der Waals surface area contributed by atoms with Crippen molar-refractivity contribution >= 4 is 28.5 Å². The van der Waals surface area contributed by atoms with E-state index < -0.39 is 12.4 Å². The van der Waals surface area contributed by atoms with Crippen molar-refractivity contribution in [1.82, 2.24) is 14.9 Å². The summed E-state index contributed by atoms with van der Waals surface area (Å²) in [6.07, 6.45) is 2.77. The quantitative estimate of drug-likeness (QED) is 0.881. The van der Waals surface area contributed by atoms with E-state index in [-0.39, 0.29) is 28.9 Å². The molecule has 0 spiro atoms. The highest BCUT2D eigenvalue weighted by molar-refractivity contribution is 6.32. The van der Waals surface area contributed by atoms with E-state index in [1.54, 1.807) is 0 Å². The summed E-state index contributed by atoms with van der Waals surface area (Å²) in [4.78, 5) is 20.7. The van der Waals surface area contributed by atoms with Crippen LogP contribution in [0.2, 0.25) is 5.02 Å². The van der Waals surface area contributed by atoms with Crippen LogP contribution in [0.15, 0.2) is 0 Å². The molecule has 0 unspecified atom stereocenters. The molecule has 0 saturated heterocycles. The van der Waals surface area contributed by atoms with Gasteiger partial charge in [0.2, 0.25) is 11.8 Å². The fraction of sp³-hybridized carbons (Fsp3) is 0.500. The molecule has 2 N–H and O–H groups in total. The Labute approximate surface area is 142 Å². The molecule has 6 nitrogen and oxygen atoms in total. The van der Waals surface area contributed by atoms with Gasteiger partial charge in [-0.1, -0.05) is 11.6 Å². The lowest BCUT2D eigenvalue weighted by atomic mass is 10.1. The van der Waals surface area contributed by atoms with Crippen molar-refractivity contribution in [2.45, 2.75) is 25.8 Å². The van der Waals surface area contributed by atoms with Crippen molar-refractivity contribution < 1.29 is 19.0 Å². The number of hydrogen-bond acceptors (Lipinski definition) is 4. The summed E-state index contributed by atoms with van der Waals surface area (Å²) in [5.41, 5.74) is 2.27. The van der Waals surface area contributed by atoms with E-state index in [2.05, 4.69) is 9.97 Å². The molecule has 8 heteroatoms. The van der Waals surface area contributed by atoms with E-state index in [4.69, 9.17) is 21.4 Å². The molecule has 0 atom stereocenters. The molecule has 0 aromatic carbocycles. The number of H-pyrrole nitrogens is 1. The number of aliphatic hydroxyl groups is 1. The molecule has 24 heavy (non-hydrogen) atoms. The third-order valence-corrected chi connectivity index (χ3v) is 4.93. The van der Waals surface area contributed by atoms with E-state index in [0.29, 0.717) is 31.0 Å². The first-order valence-electron chi connectivity index (χ1n) is 7.98. The van der Waals surface area contributed by atoms with Crippen LogP contribution in [0.25, 0.3) is 11.0 Å². The van der Waals surface area contributed by atoms with Gasteiger partial charge in [-0.2, -0.15) is 0 Å². The number of pyridine rings is 1. The number of carbonyl (C=O) groups is 1. The molecule has 1 fully saturated rings. The fourth-order valence-electron chi connectivity index (χ4n) is 3.01. The van der Waals surface area contributed by atoms with Gasteiger partial charge in [0.05, 0.1) is 6.61 Å². The Hall–Kier alpha value is -1.86. The van der Waals surface area contributed by atoms with Crippen LogP contribution < -0.4 is 4.74 Å². The molecule has 0 bridgehead atoms. The molecule has 3 heterocycles. The molecule has 0 radical (unpaired) electrons. The van der Waals surface area contributed by atoms with E-state index in [1.165, 1.54) is 4.90 Å². The number of nitrogens with one attached hydrogen (secondary N) is 1. The molecule has 1 aliphatic carbocycles. The predicted octanol–water partition coefficient (Wildman–Crippen LogP) is 2.02. The molecule has 128 valence electrons. The topological polar surface area (TPSA) is 78.5 Å². The SMILES string of the molecule is O=C(CO)N1CCc2[nH]c3c(F)c(Cl)c(OCC4CC4)nc3c2C1. The maximum Gasteiger partial charge on any atom is 0.248 e. The first-order valence-corrected chi connectivity index (χ1v) is 8.36. The average molecular weight is 354 g/mol. The van der Waals surface area contributed by atoms with Crippen molar-refractivity contribution in [2.75, 3.05) is 19.8 Å². The highest BCUT2D eigenvalue weighted by atomic mass is 35.5.